The average Bonchev–Trinajstić information content (AvgIpc) is 2.90. The first-order valence-electron chi connectivity index (χ1n) is 6.86. The van der Waals surface area contributed by atoms with Crippen LogP contribution >= 0.6 is 0 Å². The smallest absolute Gasteiger partial charge is 0.523 e. The van der Waals surface area contributed by atoms with Crippen LogP contribution in [0.4, 0.5) is 0 Å². The Hall–Kier alpha value is -1.91. The van der Waals surface area contributed by atoms with Crippen LogP contribution in [0.1, 0.15) is 19.8 Å². The first kappa shape index (κ1) is 13.1. The second-order valence-electron chi connectivity index (χ2n) is 5.31. The van der Waals surface area contributed by atoms with Gasteiger partial charge in [0.1, 0.15) is 11.5 Å². The van der Waals surface area contributed by atoms with E-state index in [9.17, 15) is 4.79 Å². The van der Waals surface area contributed by atoms with Crippen LogP contribution in [0.15, 0.2) is 35.9 Å². The summed E-state index contributed by atoms with van der Waals surface area (Å²) >= 11 is 0. The van der Waals surface area contributed by atoms with Gasteiger partial charge >= 0.3 is 13.1 Å². The van der Waals surface area contributed by atoms with Crippen LogP contribution in [-0.4, -0.2) is 20.2 Å². The first-order valence-corrected chi connectivity index (χ1v) is 6.86. The van der Waals surface area contributed by atoms with Crippen molar-refractivity contribution in [2.45, 2.75) is 25.6 Å². The van der Waals surface area contributed by atoms with E-state index in [4.69, 9.17) is 14.0 Å². The minimum atomic E-state index is -0.452. The normalized spacial score (nSPS) is 24.3. The maximum atomic E-state index is 12.0. The molecule has 0 bridgehead atoms. The summed E-state index contributed by atoms with van der Waals surface area (Å²) in [5.74, 6) is 0.962. The second-order valence-corrected chi connectivity index (χ2v) is 5.31. The van der Waals surface area contributed by atoms with E-state index in [2.05, 4.69) is 13.0 Å². The van der Waals surface area contributed by atoms with E-state index in [0.29, 0.717) is 0 Å². The lowest BCUT2D eigenvalue weighted by Gasteiger charge is -2.27. The summed E-state index contributed by atoms with van der Waals surface area (Å²) in [7, 11) is 0.974. The largest absolute Gasteiger partial charge is 0.603 e. The van der Waals surface area contributed by atoms with Gasteiger partial charge in [0.25, 0.3) is 0 Å². The molecule has 1 heterocycles. The molecule has 5 heteroatoms. The van der Waals surface area contributed by atoms with Crippen molar-refractivity contribution in [2.75, 3.05) is 7.11 Å². The van der Waals surface area contributed by atoms with Crippen molar-refractivity contribution >= 4 is 13.1 Å². The lowest BCUT2D eigenvalue weighted by molar-refractivity contribution is -0.145. The van der Waals surface area contributed by atoms with Gasteiger partial charge in [-0.3, -0.25) is 4.79 Å². The number of para-hydroxylation sites is 2. The molecule has 2 unspecified atom stereocenters. The number of esters is 1. The van der Waals surface area contributed by atoms with Gasteiger partial charge in [-0.25, -0.2) is 0 Å². The van der Waals surface area contributed by atoms with Crippen molar-refractivity contribution in [2.24, 2.45) is 5.92 Å². The highest BCUT2D eigenvalue weighted by atomic mass is 16.6. The molecule has 0 N–H and O–H groups in total. The SMILES string of the molecule is COC(=O)C1CCC(C)=CC1B1Oc2ccccc2O1. The maximum absolute atomic E-state index is 12.0. The van der Waals surface area contributed by atoms with Crippen molar-refractivity contribution < 1.29 is 18.8 Å². The topological polar surface area (TPSA) is 44.8 Å². The fourth-order valence-electron chi connectivity index (χ4n) is 2.87. The summed E-state index contributed by atoms with van der Waals surface area (Å²) in [6.45, 7) is 2.07. The van der Waals surface area contributed by atoms with Gasteiger partial charge in [-0.15, -0.1) is 0 Å². The molecule has 0 saturated carbocycles. The molecular weight excluding hydrogens is 255 g/mol. The van der Waals surface area contributed by atoms with Crippen molar-refractivity contribution in [3.63, 3.8) is 0 Å². The Morgan fingerprint density at radius 2 is 1.95 bits per heavy atom. The number of methoxy groups -OCH3 is 1. The molecular formula is C15H17BO4. The fraction of sp³-hybridized carbons (Fsp3) is 0.400. The molecule has 4 nitrogen and oxygen atoms in total. The molecule has 0 spiro atoms. The summed E-state index contributed by atoms with van der Waals surface area (Å²) in [5, 5.41) is 0. The molecule has 1 aliphatic carbocycles. The number of carbonyl (C=O) groups excluding carboxylic acids is 1. The summed E-state index contributed by atoms with van der Waals surface area (Å²) in [6, 6.07) is 7.57. The Kier molecular flexibility index (Phi) is 3.43. The van der Waals surface area contributed by atoms with Crippen molar-refractivity contribution in [3.8, 4) is 11.5 Å². The molecule has 0 saturated heterocycles. The molecule has 2 atom stereocenters. The van der Waals surface area contributed by atoms with E-state index in [1.807, 2.05) is 24.3 Å². The minimum Gasteiger partial charge on any atom is -0.523 e. The van der Waals surface area contributed by atoms with Crippen LogP contribution < -0.4 is 9.31 Å². The van der Waals surface area contributed by atoms with Gasteiger partial charge in [-0.1, -0.05) is 23.8 Å². The van der Waals surface area contributed by atoms with Gasteiger partial charge in [-0.05, 0) is 31.9 Å². The van der Waals surface area contributed by atoms with Crippen LogP contribution in [0.25, 0.3) is 0 Å². The van der Waals surface area contributed by atoms with Crippen molar-refractivity contribution in [1.82, 2.24) is 0 Å². The van der Waals surface area contributed by atoms with Crippen LogP contribution in [0, 0.1) is 5.92 Å². The van der Waals surface area contributed by atoms with E-state index >= 15 is 0 Å². The fourth-order valence-corrected chi connectivity index (χ4v) is 2.87. The molecule has 1 aromatic carbocycles. The first-order chi connectivity index (χ1) is 9.69. The monoisotopic (exact) mass is 272 g/mol. The summed E-state index contributed by atoms with van der Waals surface area (Å²) in [5.41, 5.74) is 1.26. The van der Waals surface area contributed by atoms with Gasteiger partial charge in [-0.2, -0.15) is 0 Å². The van der Waals surface area contributed by atoms with Crippen molar-refractivity contribution in [1.29, 1.82) is 0 Å². The molecule has 3 rings (SSSR count). The molecule has 0 aromatic heterocycles. The molecule has 1 aromatic rings. The predicted octanol–water partition coefficient (Wildman–Crippen LogP) is 2.85. The Morgan fingerprint density at radius 3 is 2.55 bits per heavy atom. The van der Waals surface area contributed by atoms with Crippen LogP contribution in [0.5, 0.6) is 11.5 Å². The number of allylic oxidation sites excluding steroid dienone is 2. The zero-order chi connectivity index (χ0) is 14.1. The number of hydrogen-bond donors (Lipinski definition) is 0. The highest BCUT2D eigenvalue weighted by molar-refractivity contribution is 6.50. The molecule has 0 amide bonds. The van der Waals surface area contributed by atoms with Crippen LogP contribution in [-0.2, 0) is 9.53 Å². The average molecular weight is 272 g/mol. The summed E-state index contributed by atoms with van der Waals surface area (Å²) in [6.07, 6.45) is 3.77. The third-order valence-corrected chi connectivity index (χ3v) is 3.94. The number of benzene rings is 1. The third-order valence-electron chi connectivity index (χ3n) is 3.94. The number of hydrogen-bond acceptors (Lipinski definition) is 4. The van der Waals surface area contributed by atoms with E-state index in [-0.39, 0.29) is 17.7 Å². The molecule has 1 aliphatic heterocycles. The Labute approximate surface area is 118 Å². The lowest BCUT2D eigenvalue weighted by atomic mass is 9.61. The molecule has 2 aliphatic rings. The maximum Gasteiger partial charge on any atom is 0.603 e. The molecule has 20 heavy (non-hydrogen) atoms. The highest BCUT2D eigenvalue weighted by Crippen LogP contribution is 2.42. The van der Waals surface area contributed by atoms with Gasteiger partial charge in [0, 0.05) is 0 Å². The van der Waals surface area contributed by atoms with E-state index < -0.39 is 7.12 Å². The Morgan fingerprint density at radius 1 is 1.30 bits per heavy atom. The summed E-state index contributed by atoms with van der Waals surface area (Å²) < 4.78 is 16.6. The molecule has 104 valence electrons. The zero-order valence-corrected chi connectivity index (χ0v) is 11.7. The quantitative estimate of drug-likeness (QED) is 0.471. The third kappa shape index (κ3) is 2.28. The molecule has 0 fully saturated rings. The highest BCUT2D eigenvalue weighted by Gasteiger charge is 2.47. The van der Waals surface area contributed by atoms with Gasteiger partial charge in [0.2, 0.25) is 0 Å². The summed E-state index contributed by atoms with van der Waals surface area (Å²) in [4.78, 5) is 12.0. The van der Waals surface area contributed by atoms with Crippen molar-refractivity contribution in [3.05, 3.63) is 35.9 Å². The van der Waals surface area contributed by atoms with E-state index in [1.54, 1.807) is 0 Å². The van der Waals surface area contributed by atoms with E-state index in [0.717, 1.165) is 24.3 Å². The number of rotatable bonds is 2. The Bertz CT molecular complexity index is 530. The standard InChI is InChI=1S/C15H17BO4/c1-10-7-8-11(15(17)18-2)12(9-10)16-19-13-5-3-4-6-14(13)20-16/h3-6,9,11-12H,7-8H2,1-2H3. The lowest BCUT2D eigenvalue weighted by Crippen LogP contribution is -2.39. The number of ether oxygens (including phenoxy) is 1. The number of fused-ring (bicyclic) bond motifs is 1. The van der Waals surface area contributed by atoms with E-state index in [1.165, 1.54) is 12.7 Å². The number of carbonyl (C=O) groups is 1. The van der Waals surface area contributed by atoms with Crippen LogP contribution in [0.3, 0.4) is 0 Å². The van der Waals surface area contributed by atoms with Gasteiger partial charge in [0.05, 0.1) is 18.8 Å². The molecule has 0 radical (unpaired) electrons. The predicted molar refractivity (Wildman–Crippen MR) is 75.7 cm³/mol. The van der Waals surface area contributed by atoms with Gasteiger partial charge < -0.3 is 14.0 Å². The Balaban J connectivity index is 1.84. The van der Waals surface area contributed by atoms with Crippen LogP contribution in [0.2, 0.25) is 5.82 Å². The van der Waals surface area contributed by atoms with Gasteiger partial charge in [0.15, 0.2) is 0 Å². The second kappa shape index (κ2) is 5.23. The zero-order valence-electron chi connectivity index (χ0n) is 11.7. The minimum absolute atomic E-state index is 0.108.